The Labute approximate surface area is 109 Å². The van der Waals surface area contributed by atoms with Gasteiger partial charge in [-0.1, -0.05) is 26.2 Å². The molecule has 2 unspecified atom stereocenters. The van der Waals surface area contributed by atoms with Gasteiger partial charge in [0.25, 0.3) is 0 Å². The number of hydrogen-bond acceptors (Lipinski definition) is 3. The van der Waals surface area contributed by atoms with Crippen molar-refractivity contribution in [1.29, 1.82) is 0 Å². The summed E-state index contributed by atoms with van der Waals surface area (Å²) >= 11 is 0. The van der Waals surface area contributed by atoms with Gasteiger partial charge in [-0.3, -0.25) is 4.68 Å². The standard InChI is InChI=1S/C14H24N2O2/c1-3-9-16-14(13(18-2)10-15-16)11-7-5-4-6-8-12(11)17/h10-12,17H,3-9H2,1-2H3. The second-order valence-electron chi connectivity index (χ2n) is 5.13. The van der Waals surface area contributed by atoms with Crippen molar-refractivity contribution in [1.82, 2.24) is 9.78 Å². The Morgan fingerprint density at radius 2 is 2.17 bits per heavy atom. The molecule has 1 saturated carbocycles. The molecule has 0 amide bonds. The van der Waals surface area contributed by atoms with E-state index in [1.165, 1.54) is 12.8 Å². The molecule has 1 aromatic rings. The lowest BCUT2D eigenvalue weighted by Crippen LogP contribution is -2.21. The molecule has 18 heavy (non-hydrogen) atoms. The van der Waals surface area contributed by atoms with Crippen molar-refractivity contribution in [3.63, 3.8) is 0 Å². The molecule has 2 rings (SSSR count). The first-order chi connectivity index (χ1) is 8.77. The van der Waals surface area contributed by atoms with Gasteiger partial charge in [-0.05, 0) is 19.3 Å². The van der Waals surface area contributed by atoms with Crippen molar-refractivity contribution in [2.45, 2.75) is 64.0 Å². The fraction of sp³-hybridized carbons (Fsp3) is 0.786. The molecular weight excluding hydrogens is 228 g/mol. The van der Waals surface area contributed by atoms with Gasteiger partial charge in [-0.25, -0.2) is 0 Å². The van der Waals surface area contributed by atoms with Gasteiger partial charge in [-0.2, -0.15) is 5.10 Å². The zero-order chi connectivity index (χ0) is 13.0. The Balaban J connectivity index is 2.30. The largest absolute Gasteiger partial charge is 0.493 e. The summed E-state index contributed by atoms with van der Waals surface area (Å²) in [6.07, 6.45) is 8.03. The molecule has 1 aliphatic carbocycles. The molecule has 2 atom stereocenters. The Morgan fingerprint density at radius 3 is 2.89 bits per heavy atom. The Bertz CT molecular complexity index is 376. The lowest BCUT2D eigenvalue weighted by molar-refractivity contribution is 0.130. The number of aromatic nitrogens is 2. The Kier molecular flexibility index (Phi) is 4.64. The number of rotatable bonds is 4. The predicted molar refractivity (Wildman–Crippen MR) is 70.9 cm³/mol. The van der Waals surface area contributed by atoms with Crippen LogP contribution in [-0.2, 0) is 6.54 Å². The van der Waals surface area contributed by atoms with Crippen molar-refractivity contribution >= 4 is 0 Å². The average molecular weight is 252 g/mol. The molecule has 4 nitrogen and oxygen atoms in total. The van der Waals surface area contributed by atoms with E-state index in [0.29, 0.717) is 0 Å². The van der Waals surface area contributed by atoms with Crippen LogP contribution in [0, 0.1) is 0 Å². The highest BCUT2D eigenvalue weighted by molar-refractivity contribution is 5.30. The van der Waals surface area contributed by atoms with Crippen LogP contribution in [0.25, 0.3) is 0 Å². The molecule has 0 radical (unpaired) electrons. The molecule has 0 bridgehead atoms. The number of methoxy groups -OCH3 is 1. The lowest BCUT2D eigenvalue weighted by Gasteiger charge is -2.22. The van der Waals surface area contributed by atoms with Crippen molar-refractivity contribution < 1.29 is 9.84 Å². The van der Waals surface area contributed by atoms with Crippen LogP contribution in [0.3, 0.4) is 0 Å². The maximum absolute atomic E-state index is 10.3. The number of ether oxygens (including phenoxy) is 1. The molecule has 1 heterocycles. The molecule has 0 saturated heterocycles. The van der Waals surface area contributed by atoms with Crippen LogP contribution in [-0.4, -0.2) is 28.1 Å². The van der Waals surface area contributed by atoms with Crippen molar-refractivity contribution in [2.24, 2.45) is 0 Å². The molecule has 1 aromatic heterocycles. The number of aliphatic hydroxyl groups is 1. The summed E-state index contributed by atoms with van der Waals surface area (Å²) in [5.74, 6) is 1.01. The van der Waals surface area contributed by atoms with Crippen molar-refractivity contribution in [3.8, 4) is 5.75 Å². The molecule has 0 aliphatic heterocycles. The molecule has 102 valence electrons. The normalized spacial score (nSPS) is 24.8. The van der Waals surface area contributed by atoms with E-state index < -0.39 is 0 Å². The van der Waals surface area contributed by atoms with Gasteiger partial charge < -0.3 is 9.84 Å². The van der Waals surface area contributed by atoms with Gasteiger partial charge in [0, 0.05) is 12.5 Å². The van der Waals surface area contributed by atoms with Crippen LogP contribution in [0.15, 0.2) is 6.20 Å². The van der Waals surface area contributed by atoms with E-state index in [1.807, 2.05) is 4.68 Å². The molecule has 1 fully saturated rings. The topological polar surface area (TPSA) is 47.3 Å². The third-order valence-electron chi connectivity index (χ3n) is 3.83. The molecule has 0 aromatic carbocycles. The van der Waals surface area contributed by atoms with E-state index in [-0.39, 0.29) is 12.0 Å². The first-order valence-electron chi connectivity index (χ1n) is 7.05. The van der Waals surface area contributed by atoms with Gasteiger partial charge >= 0.3 is 0 Å². The summed E-state index contributed by atoms with van der Waals surface area (Å²) in [4.78, 5) is 0. The number of aryl methyl sites for hydroxylation is 1. The summed E-state index contributed by atoms with van der Waals surface area (Å²) < 4.78 is 7.43. The maximum atomic E-state index is 10.3. The van der Waals surface area contributed by atoms with Crippen LogP contribution in [0.1, 0.15) is 57.1 Å². The minimum atomic E-state index is -0.256. The minimum Gasteiger partial charge on any atom is -0.493 e. The van der Waals surface area contributed by atoms with Crippen LogP contribution in [0.2, 0.25) is 0 Å². The minimum absolute atomic E-state index is 0.177. The molecule has 1 N–H and O–H groups in total. The molecule has 4 heteroatoms. The van der Waals surface area contributed by atoms with Gasteiger partial charge in [-0.15, -0.1) is 0 Å². The average Bonchev–Trinajstić information content (AvgIpc) is 2.65. The van der Waals surface area contributed by atoms with E-state index in [0.717, 1.165) is 43.7 Å². The monoisotopic (exact) mass is 252 g/mol. The Hall–Kier alpha value is -1.03. The third kappa shape index (κ3) is 2.69. The number of nitrogens with zero attached hydrogens (tertiary/aromatic N) is 2. The quantitative estimate of drug-likeness (QED) is 0.838. The SMILES string of the molecule is CCCn1ncc(OC)c1C1CCCCCC1O. The van der Waals surface area contributed by atoms with E-state index in [1.54, 1.807) is 13.3 Å². The summed E-state index contributed by atoms with van der Waals surface area (Å²) in [6, 6.07) is 0. The fourth-order valence-electron chi connectivity index (χ4n) is 2.91. The smallest absolute Gasteiger partial charge is 0.160 e. The Morgan fingerprint density at radius 1 is 1.39 bits per heavy atom. The highest BCUT2D eigenvalue weighted by Crippen LogP contribution is 2.36. The van der Waals surface area contributed by atoms with E-state index in [4.69, 9.17) is 4.74 Å². The van der Waals surface area contributed by atoms with Gasteiger partial charge in [0.15, 0.2) is 5.75 Å². The zero-order valence-electron chi connectivity index (χ0n) is 11.4. The first-order valence-corrected chi connectivity index (χ1v) is 7.05. The molecule has 1 aliphatic rings. The first kappa shape index (κ1) is 13.4. The summed E-state index contributed by atoms with van der Waals surface area (Å²) in [6.45, 7) is 3.03. The van der Waals surface area contributed by atoms with Crippen LogP contribution >= 0.6 is 0 Å². The molecule has 0 spiro atoms. The van der Waals surface area contributed by atoms with Gasteiger partial charge in [0.1, 0.15) is 0 Å². The number of aliphatic hydroxyl groups excluding tert-OH is 1. The highest BCUT2D eigenvalue weighted by Gasteiger charge is 2.29. The fourth-order valence-corrected chi connectivity index (χ4v) is 2.91. The van der Waals surface area contributed by atoms with Gasteiger partial charge in [0.05, 0.1) is 25.1 Å². The summed E-state index contributed by atoms with van der Waals surface area (Å²) in [5, 5.41) is 14.7. The zero-order valence-corrected chi connectivity index (χ0v) is 11.4. The number of hydrogen-bond donors (Lipinski definition) is 1. The van der Waals surface area contributed by atoms with Gasteiger partial charge in [0.2, 0.25) is 0 Å². The maximum Gasteiger partial charge on any atom is 0.160 e. The second kappa shape index (κ2) is 6.23. The predicted octanol–water partition coefficient (Wildman–Crippen LogP) is 2.71. The summed E-state index contributed by atoms with van der Waals surface area (Å²) in [7, 11) is 1.68. The van der Waals surface area contributed by atoms with E-state index >= 15 is 0 Å². The summed E-state index contributed by atoms with van der Waals surface area (Å²) in [5.41, 5.74) is 1.09. The van der Waals surface area contributed by atoms with Crippen LogP contribution in [0.5, 0.6) is 5.75 Å². The van der Waals surface area contributed by atoms with E-state index in [9.17, 15) is 5.11 Å². The lowest BCUT2D eigenvalue weighted by atomic mass is 9.93. The van der Waals surface area contributed by atoms with Crippen LogP contribution < -0.4 is 4.74 Å². The second-order valence-corrected chi connectivity index (χ2v) is 5.13. The molecular formula is C14H24N2O2. The van der Waals surface area contributed by atoms with Crippen molar-refractivity contribution in [3.05, 3.63) is 11.9 Å². The third-order valence-corrected chi connectivity index (χ3v) is 3.83. The highest BCUT2D eigenvalue weighted by atomic mass is 16.5. The van der Waals surface area contributed by atoms with E-state index in [2.05, 4.69) is 12.0 Å². The van der Waals surface area contributed by atoms with Crippen LogP contribution in [0.4, 0.5) is 0 Å². The van der Waals surface area contributed by atoms with Crippen molar-refractivity contribution in [2.75, 3.05) is 7.11 Å².